The number of rotatable bonds is 4. The molecule has 2 rings (SSSR count). The number of carboxylic acids is 1. The van der Waals surface area contributed by atoms with Crippen molar-refractivity contribution in [3.63, 3.8) is 0 Å². The van der Waals surface area contributed by atoms with Crippen molar-refractivity contribution >= 4 is 21.9 Å². The number of ether oxygens (including phenoxy) is 1. The van der Waals surface area contributed by atoms with Crippen LogP contribution in [0.4, 0.5) is 0 Å². The molecule has 0 spiro atoms. The summed E-state index contributed by atoms with van der Waals surface area (Å²) in [4.78, 5) is 13.2. The van der Waals surface area contributed by atoms with Crippen molar-refractivity contribution < 1.29 is 14.6 Å². The van der Waals surface area contributed by atoms with Gasteiger partial charge in [0.2, 0.25) is 0 Å². The fourth-order valence-corrected chi connectivity index (χ4v) is 3.01. The Balaban J connectivity index is 2.13. The van der Waals surface area contributed by atoms with Crippen molar-refractivity contribution in [3.05, 3.63) is 34.3 Å². The Morgan fingerprint density at radius 3 is 2.95 bits per heavy atom. The molecule has 0 bridgehead atoms. The van der Waals surface area contributed by atoms with Crippen LogP contribution in [0, 0.1) is 0 Å². The summed E-state index contributed by atoms with van der Waals surface area (Å²) in [6, 6.07) is 7.50. The van der Waals surface area contributed by atoms with E-state index in [1.807, 2.05) is 36.1 Å². The van der Waals surface area contributed by atoms with Gasteiger partial charge in [0.05, 0.1) is 12.7 Å². The zero-order chi connectivity index (χ0) is 13.8. The van der Waals surface area contributed by atoms with Crippen LogP contribution in [0.1, 0.15) is 25.0 Å². The summed E-state index contributed by atoms with van der Waals surface area (Å²) in [5, 5.41) is 9.25. The van der Waals surface area contributed by atoms with Crippen LogP contribution < -0.4 is 0 Å². The molecular weight excluding hydrogens is 310 g/mol. The molecule has 5 heteroatoms. The van der Waals surface area contributed by atoms with Crippen LogP contribution in [0.25, 0.3) is 0 Å². The van der Waals surface area contributed by atoms with E-state index < -0.39 is 12.0 Å². The van der Waals surface area contributed by atoms with Gasteiger partial charge < -0.3 is 9.84 Å². The van der Waals surface area contributed by atoms with Crippen molar-refractivity contribution in [2.45, 2.75) is 25.5 Å². The summed E-state index contributed by atoms with van der Waals surface area (Å²) >= 11 is 3.52. The van der Waals surface area contributed by atoms with E-state index in [0.29, 0.717) is 26.1 Å². The summed E-state index contributed by atoms with van der Waals surface area (Å²) in [6.07, 6.45) is 0.538. The molecule has 0 aliphatic carbocycles. The quantitative estimate of drug-likeness (QED) is 0.923. The first-order valence-corrected chi connectivity index (χ1v) is 7.25. The van der Waals surface area contributed by atoms with Gasteiger partial charge in [-0.2, -0.15) is 0 Å². The van der Waals surface area contributed by atoms with Crippen molar-refractivity contribution in [2.75, 3.05) is 19.7 Å². The highest BCUT2D eigenvalue weighted by molar-refractivity contribution is 9.10. The van der Waals surface area contributed by atoms with Crippen molar-refractivity contribution in [1.82, 2.24) is 4.90 Å². The second-order valence-corrected chi connectivity index (χ2v) is 5.49. The molecule has 0 radical (unpaired) electrons. The maximum Gasteiger partial charge on any atom is 0.320 e. The normalized spacial score (nSPS) is 22.1. The number of benzene rings is 1. The van der Waals surface area contributed by atoms with Crippen LogP contribution >= 0.6 is 15.9 Å². The summed E-state index contributed by atoms with van der Waals surface area (Å²) < 4.78 is 6.79. The van der Waals surface area contributed by atoms with Crippen LogP contribution in [0.5, 0.6) is 0 Å². The van der Waals surface area contributed by atoms with Gasteiger partial charge in [-0.3, -0.25) is 9.69 Å². The van der Waals surface area contributed by atoms with Gasteiger partial charge in [0.1, 0.15) is 6.04 Å². The summed E-state index contributed by atoms with van der Waals surface area (Å²) in [6.45, 7) is 3.76. The maximum absolute atomic E-state index is 11.2. The van der Waals surface area contributed by atoms with Gasteiger partial charge in [-0.05, 0) is 18.1 Å². The SMILES string of the molecule is CC[C@H](C(=O)O)N1CCO[C@H](c2ccccc2Br)C1. The van der Waals surface area contributed by atoms with Gasteiger partial charge >= 0.3 is 5.97 Å². The number of aliphatic carboxylic acids is 1. The molecule has 4 nitrogen and oxygen atoms in total. The Bertz CT molecular complexity index is 452. The highest BCUT2D eigenvalue weighted by atomic mass is 79.9. The lowest BCUT2D eigenvalue weighted by Crippen LogP contribution is -2.48. The third kappa shape index (κ3) is 3.35. The lowest BCUT2D eigenvalue weighted by atomic mass is 10.1. The Labute approximate surface area is 121 Å². The zero-order valence-electron chi connectivity index (χ0n) is 10.9. The first-order valence-electron chi connectivity index (χ1n) is 6.46. The lowest BCUT2D eigenvalue weighted by molar-refractivity contribution is -0.147. The molecule has 1 aromatic rings. The van der Waals surface area contributed by atoms with Crippen LogP contribution in [0.3, 0.4) is 0 Å². The van der Waals surface area contributed by atoms with E-state index in [1.54, 1.807) is 0 Å². The predicted octanol–water partition coefficient (Wildman–Crippen LogP) is 2.69. The second kappa shape index (κ2) is 6.50. The van der Waals surface area contributed by atoms with Gasteiger partial charge in [-0.1, -0.05) is 41.1 Å². The van der Waals surface area contributed by atoms with Gasteiger partial charge in [0, 0.05) is 17.6 Å². The van der Waals surface area contributed by atoms with Crippen molar-refractivity contribution in [3.8, 4) is 0 Å². The standard InChI is InChI=1S/C14H18BrNO3/c1-2-12(14(17)18)16-7-8-19-13(9-16)10-5-3-4-6-11(10)15/h3-6,12-13H,2,7-9H2,1H3,(H,17,18)/t12-,13+/m1/s1. The van der Waals surface area contributed by atoms with E-state index in [-0.39, 0.29) is 6.10 Å². The first-order chi connectivity index (χ1) is 9.13. The zero-order valence-corrected chi connectivity index (χ0v) is 12.5. The molecule has 1 saturated heterocycles. The number of carboxylic acid groups (broad SMARTS) is 1. The van der Waals surface area contributed by atoms with Crippen LogP contribution in [0.2, 0.25) is 0 Å². The molecule has 2 atom stereocenters. The molecule has 1 fully saturated rings. The Morgan fingerprint density at radius 1 is 1.58 bits per heavy atom. The molecule has 1 aliphatic heterocycles. The lowest BCUT2D eigenvalue weighted by Gasteiger charge is -2.36. The molecule has 0 aromatic heterocycles. The van der Waals surface area contributed by atoms with E-state index in [9.17, 15) is 9.90 Å². The molecule has 104 valence electrons. The van der Waals surface area contributed by atoms with Crippen molar-refractivity contribution in [1.29, 1.82) is 0 Å². The minimum atomic E-state index is -0.754. The molecule has 1 aliphatic rings. The number of hydrogen-bond donors (Lipinski definition) is 1. The molecule has 1 aromatic carbocycles. The van der Waals surface area contributed by atoms with E-state index in [2.05, 4.69) is 15.9 Å². The van der Waals surface area contributed by atoms with Crippen LogP contribution in [0.15, 0.2) is 28.7 Å². The molecule has 0 unspecified atom stereocenters. The maximum atomic E-state index is 11.2. The third-order valence-electron chi connectivity index (χ3n) is 3.46. The third-order valence-corrected chi connectivity index (χ3v) is 4.18. The Morgan fingerprint density at radius 2 is 2.32 bits per heavy atom. The van der Waals surface area contributed by atoms with E-state index in [0.717, 1.165) is 10.0 Å². The summed E-state index contributed by atoms with van der Waals surface area (Å²) in [7, 11) is 0. The van der Waals surface area contributed by atoms with Gasteiger partial charge in [-0.25, -0.2) is 0 Å². The van der Waals surface area contributed by atoms with Gasteiger partial charge in [0.15, 0.2) is 0 Å². The Kier molecular flexibility index (Phi) is 4.96. The topological polar surface area (TPSA) is 49.8 Å². The Hall–Kier alpha value is -0.910. The van der Waals surface area contributed by atoms with Gasteiger partial charge in [-0.15, -0.1) is 0 Å². The van der Waals surface area contributed by atoms with Gasteiger partial charge in [0.25, 0.3) is 0 Å². The summed E-state index contributed by atoms with van der Waals surface area (Å²) in [5.74, 6) is -0.754. The molecule has 1 N–H and O–H groups in total. The average molecular weight is 328 g/mol. The second-order valence-electron chi connectivity index (χ2n) is 4.64. The van der Waals surface area contributed by atoms with Crippen molar-refractivity contribution in [2.24, 2.45) is 0 Å². The number of carbonyl (C=O) groups is 1. The monoisotopic (exact) mass is 327 g/mol. The number of halogens is 1. The molecule has 1 heterocycles. The number of nitrogens with zero attached hydrogens (tertiary/aromatic N) is 1. The predicted molar refractivity (Wildman–Crippen MR) is 76.1 cm³/mol. The highest BCUT2D eigenvalue weighted by Gasteiger charge is 2.30. The molecule has 19 heavy (non-hydrogen) atoms. The fraction of sp³-hybridized carbons (Fsp3) is 0.500. The summed E-state index contributed by atoms with van der Waals surface area (Å²) in [5.41, 5.74) is 1.08. The minimum absolute atomic E-state index is 0.0716. The van der Waals surface area contributed by atoms with E-state index in [1.165, 1.54) is 0 Å². The fourth-order valence-electron chi connectivity index (χ4n) is 2.47. The number of morpholine rings is 1. The molecular formula is C14H18BrNO3. The molecule has 0 saturated carbocycles. The van der Waals surface area contributed by atoms with Crippen LogP contribution in [-0.2, 0) is 9.53 Å². The van der Waals surface area contributed by atoms with E-state index >= 15 is 0 Å². The van der Waals surface area contributed by atoms with E-state index in [4.69, 9.17) is 4.74 Å². The highest BCUT2D eigenvalue weighted by Crippen LogP contribution is 2.29. The molecule has 0 amide bonds. The largest absolute Gasteiger partial charge is 0.480 e. The smallest absolute Gasteiger partial charge is 0.320 e. The minimum Gasteiger partial charge on any atom is -0.480 e. The van der Waals surface area contributed by atoms with Crippen LogP contribution in [-0.4, -0.2) is 41.7 Å². The average Bonchev–Trinajstić information content (AvgIpc) is 2.40. The first kappa shape index (κ1) is 14.5. The number of hydrogen-bond acceptors (Lipinski definition) is 3.